The Morgan fingerprint density at radius 1 is 1.44 bits per heavy atom. The Morgan fingerprint density at radius 2 is 2.11 bits per heavy atom. The van der Waals surface area contributed by atoms with Crippen LogP contribution in [0, 0.1) is 0 Å². The van der Waals surface area contributed by atoms with Crippen molar-refractivity contribution in [3.05, 3.63) is 28.2 Å². The first kappa shape index (κ1) is 13.9. The number of carbonyl (C=O) groups excluding carboxylic acids is 2. The number of amides is 1. The van der Waals surface area contributed by atoms with Gasteiger partial charge in [0.05, 0.1) is 13.5 Å². The van der Waals surface area contributed by atoms with E-state index in [2.05, 4.69) is 9.84 Å². The minimum atomic E-state index is -0.386. The quantitative estimate of drug-likeness (QED) is 0.670. The molecule has 1 heterocycles. The van der Waals surface area contributed by atoms with Crippen LogP contribution < -0.4 is 5.56 Å². The van der Waals surface area contributed by atoms with Crippen molar-refractivity contribution in [2.24, 2.45) is 7.05 Å². The summed E-state index contributed by atoms with van der Waals surface area (Å²) < 4.78 is 5.57. The molecule has 7 heteroatoms. The first-order valence-electron chi connectivity index (χ1n) is 5.32. The third kappa shape index (κ3) is 3.41. The average Bonchev–Trinajstić information content (AvgIpc) is 2.37. The van der Waals surface area contributed by atoms with Crippen molar-refractivity contribution in [2.75, 3.05) is 20.7 Å². The van der Waals surface area contributed by atoms with Crippen LogP contribution in [0.15, 0.2) is 16.9 Å². The Kier molecular flexibility index (Phi) is 4.59. The zero-order valence-electron chi connectivity index (χ0n) is 10.5. The number of esters is 1. The summed E-state index contributed by atoms with van der Waals surface area (Å²) in [5.41, 5.74) is -0.131. The number of hydrogen-bond donors (Lipinski definition) is 0. The highest BCUT2D eigenvalue weighted by Crippen LogP contribution is 1.99. The van der Waals surface area contributed by atoms with Crippen molar-refractivity contribution in [1.29, 1.82) is 0 Å². The highest BCUT2D eigenvalue weighted by atomic mass is 16.5. The average molecular weight is 253 g/mol. The third-order valence-electron chi connectivity index (χ3n) is 2.41. The Balaban J connectivity index is 2.71. The Morgan fingerprint density at radius 3 is 2.67 bits per heavy atom. The van der Waals surface area contributed by atoms with Gasteiger partial charge in [-0.2, -0.15) is 5.10 Å². The second kappa shape index (κ2) is 5.95. The fourth-order valence-corrected chi connectivity index (χ4v) is 1.27. The molecule has 0 aromatic carbocycles. The molecule has 0 aliphatic heterocycles. The molecule has 0 atom stereocenters. The van der Waals surface area contributed by atoms with Crippen molar-refractivity contribution in [1.82, 2.24) is 14.7 Å². The van der Waals surface area contributed by atoms with Crippen LogP contribution in [-0.4, -0.2) is 47.3 Å². The monoisotopic (exact) mass is 253 g/mol. The molecule has 1 rings (SSSR count). The highest BCUT2D eigenvalue weighted by Gasteiger charge is 2.15. The van der Waals surface area contributed by atoms with Crippen molar-refractivity contribution in [2.45, 2.75) is 6.42 Å². The van der Waals surface area contributed by atoms with Gasteiger partial charge in [-0.15, -0.1) is 0 Å². The van der Waals surface area contributed by atoms with Gasteiger partial charge in [-0.25, -0.2) is 4.68 Å². The Hall–Kier alpha value is -2.18. The molecule has 1 aromatic heterocycles. The molecule has 0 saturated carbocycles. The van der Waals surface area contributed by atoms with E-state index in [0.717, 1.165) is 4.68 Å². The standard InChI is InChI=1S/C11H15N3O4/c1-13(7-6-10(16)18-3)11(17)8-4-5-9(15)14(2)12-8/h4-5H,6-7H2,1-3H3. The van der Waals surface area contributed by atoms with Gasteiger partial charge >= 0.3 is 5.97 Å². The Labute approximate surface area is 104 Å². The second-order valence-corrected chi connectivity index (χ2v) is 3.73. The molecule has 7 nitrogen and oxygen atoms in total. The normalized spacial score (nSPS) is 9.94. The van der Waals surface area contributed by atoms with Crippen LogP contribution >= 0.6 is 0 Å². The number of ether oxygens (including phenoxy) is 1. The van der Waals surface area contributed by atoms with E-state index >= 15 is 0 Å². The van der Waals surface area contributed by atoms with E-state index in [9.17, 15) is 14.4 Å². The largest absolute Gasteiger partial charge is 0.469 e. The van der Waals surface area contributed by atoms with E-state index in [1.807, 2.05) is 0 Å². The number of aromatic nitrogens is 2. The molecule has 0 saturated heterocycles. The molecular formula is C11H15N3O4. The summed E-state index contributed by atoms with van der Waals surface area (Å²) in [6.45, 7) is 0.232. The van der Waals surface area contributed by atoms with Gasteiger partial charge in [0, 0.05) is 26.7 Å². The van der Waals surface area contributed by atoms with Gasteiger partial charge in [-0.05, 0) is 6.07 Å². The molecule has 1 amide bonds. The van der Waals surface area contributed by atoms with E-state index in [1.165, 1.54) is 31.2 Å². The number of hydrogen-bond acceptors (Lipinski definition) is 5. The van der Waals surface area contributed by atoms with Crippen LogP contribution in [0.2, 0.25) is 0 Å². The van der Waals surface area contributed by atoms with Crippen LogP contribution in [0.4, 0.5) is 0 Å². The van der Waals surface area contributed by atoms with Gasteiger partial charge in [0.1, 0.15) is 5.69 Å². The van der Waals surface area contributed by atoms with Gasteiger partial charge in [-0.1, -0.05) is 0 Å². The maximum absolute atomic E-state index is 11.9. The van der Waals surface area contributed by atoms with E-state index in [1.54, 1.807) is 7.05 Å². The molecule has 0 spiro atoms. The predicted octanol–water partition coefficient (Wildman–Crippen LogP) is -0.585. The van der Waals surface area contributed by atoms with Gasteiger partial charge in [0.2, 0.25) is 0 Å². The number of carbonyl (C=O) groups is 2. The summed E-state index contributed by atoms with van der Waals surface area (Å²) in [4.78, 5) is 35.3. The lowest BCUT2D eigenvalue weighted by molar-refractivity contribution is -0.140. The number of aryl methyl sites for hydroxylation is 1. The van der Waals surface area contributed by atoms with E-state index < -0.39 is 0 Å². The van der Waals surface area contributed by atoms with E-state index in [4.69, 9.17) is 0 Å². The smallest absolute Gasteiger partial charge is 0.307 e. The number of nitrogens with zero attached hydrogens (tertiary/aromatic N) is 3. The lowest BCUT2D eigenvalue weighted by Crippen LogP contribution is -2.32. The molecule has 98 valence electrons. The first-order chi connectivity index (χ1) is 8.45. The molecule has 0 unspecified atom stereocenters. The third-order valence-corrected chi connectivity index (χ3v) is 2.41. The molecule has 0 N–H and O–H groups in total. The van der Waals surface area contributed by atoms with Crippen molar-refractivity contribution in [3.63, 3.8) is 0 Å². The zero-order valence-corrected chi connectivity index (χ0v) is 10.5. The maximum atomic E-state index is 11.9. The maximum Gasteiger partial charge on any atom is 0.307 e. The summed E-state index contributed by atoms with van der Waals surface area (Å²) in [6.07, 6.45) is 0.116. The molecule has 0 bridgehead atoms. The highest BCUT2D eigenvalue weighted by molar-refractivity contribution is 5.92. The lowest BCUT2D eigenvalue weighted by Gasteiger charge is -2.15. The minimum absolute atomic E-state index is 0.116. The van der Waals surface area contributed by atoms with Crippen molar-refractivity contribution >= 4 is 11.9 Å². The van der Waals surface area contributed by atoms with Crippen LogP contribution in [0.25, 0.3) is 0 Å². The molecule has 0 radical (unpaired) electrons. The Bertz CT molecular complexity index is 509. The zero-order chi connectivity index (χ0) is 13.7. The number of rotatable bonds is 4. The van der Waals surface area contributed by atoms with Gasteiger partial charge in [0.25, 0.3) is 11.5 Å². The summed E-state index contributed by atoms with van der Waals surface area (Å²) in [7, 11) is 4.31. The topological polar surface area (TPSA) is 81.5 Å². The molecule has 0 aliphatic carbocycles. The first-order valence-corrected chi connectivity index (χ1v) is 5.32. The van der Waals surface area contributed by atoms with Gasteiger partial charge in [-0.3, -0.25) is 14.4 Å². The van der Waals surface area contributed by atoms with E-state index in [-0.39, 0.29) is 36.1 Å². The van der Waals surface area contributed by atoms with Gasteiger partial charge < -0.3 is 9.64 Å². The van der Waals surface area contributed by atoms with E-state index in [0.29, 0.717) is 0 Å². The van der Waals surface area contributed by atoms with Crippen molar-refractivity contribution in [3.8, 4) is 0 Å². The summed E-state index contributed by atoms with van der Waals surface area (Å²) >= 11 is 0. The fraction of sp³-hybridized carbons (Fsp3) is 0.455. The molecule has 0 fully saturated rings. The SMILES string of the molecule is COC(=O)CCN(C)C(=O)c1ccc(=O)n(C)n1. The van der Waals surface area contributed by atoms with Gasteiger partial charge in [0.15, 0.2) is 0 Å². The fourth-order valence-electron chi connectivity index (χ4n) is 1.27. The molecular weight excluding hydrogens is 238 g/mol. The van der Waals surface area contributed by atoms with Crippen LogP contribution in [0.3, 0.4) is 0 Å². The molecule has 1 aromatic rings. The molecule has 18 heavy (non-hydrogen) atoms. The van der Waals surface area contributed by atoms with Crippen LogP contribution in [-0.2, 0) is 16.6 Å². The second-order valence-electron chi connectivity index (χ2n) is 3.73. The summed E-state index contributed by atoms with van der Waals surface area (Å²) in [5, 5.41) is 3.84. The van der Waals surface area contributed by atoms with Crippen molar-refractivity contribution < 1.29 is 14.3 Å². The lowest BCUT2D eigenvalue weighted by atomic mass is 10.3. The number of methoxy groups -OCH3 is 1. The summed E-state index contributed by atoms with van der Waals surface area (Å²) in [6, 6.07) is 2.63. The predicted molar refractivity (Wildman–Crippen MR) is 63.1 cm³/mol. The minimum Gasteiger partial charge on any atom is -0.469 e. The van der Waals surface area contributed by atoms with Crippen LogP contribution in [0.5, 0.6) is 0 Å². The molecule has 0 aliphatic rings. The van der Waals surface area contributed by atoms with Crippen LogP contribution in [0.1, 0.15) is 16.9 Å². The summed E-state index contributed by atoms with van der Waals surface area (Å²) in [5.74, 6) is -0.738.